The van der Waals surface area contributed by atoms with E-state index in [1.54, 1.807) is 6.08 Å². The van der Waals surface area contributed by atoms with Gasteiger partial charge in [0.25, 0.3) is 0 Å². The van der Waals surface area contributed by atoms with Crippen LogP contribution in [0.5, 0.6) is 0 Å². The van der Waals surface area contributed by atoms with Gasteiger partial charge in [-0.1, -0.05) is 69.9 Å². The number of benzene rings is 1. The number of ether oxygens (including phenoxy) is 1. The molecule has 2 atom stereocenters. The summed E-state index contributed by atoms with van der Waals surface area (Å²) in [7, 11) is 2.81. The van der Waals surface area contributed by atoms with E-state index in [1.165, 1.54) is 19.3 Å². The van der Waals surface area contributed by atoms with Crippen molar-refractivity contribution in [3.63, 3.8) is 0 Å². The molecule has 1 aromatic rings. The van der Waals surface area contributed by atoms with Gasteiger partial charge in [0.05, 0.1) is 13.7 Å². The van der Waals surface area contributed by atoms with Crippen LogP contribution in [0.15, 0.2) is 36.2 Å². The van der Waals surface area contributed by atoms with Crippen LogP contribution in [0.1, 0.15) is 51.5 Å². The molecular formula is C21H32N2O6. The number of carbonyl (C=O) groups is 1. The summed E-state index contributed by atoms with van der Waals surface area (Å²) in [6.07, 6.45) is 6.08. The Balaban J connectivity index is 2.26. The molecule has 29 heavy (non-hydrogen) atoms. The fraction of sp³-hybridized carbons (Fsp3) is 0.571. The summed E-state index contributed by atoms with van der Waals surface area (Å²) in [5, 5.41) is 12.2. The lowest BCUT2D eigenvalue weighted by atomic mass is 9.85. The summed E-state index contributed by atoms with van der Waals surface area (Å²) in [4.78, 5) is 28.3. The van der Waals surface area contributed by atoms with E-state index in [0.29, 0.717) is 12.3 Å². The number of unbranched alkanes of at least 4 members (excludes halogenated alkanes) is 1. The van der Waals surface area contributed by atoms with E-state index in [1.807, 2.05) is 30.3 Å². The van der Waals surface area contributed by atoms with Gasteiger partial charge in [-0.05, 0) is 17.9 Å². The first-order chi connectivity index (χ1) is 14.0. The number of carboxylic acid groups (broad SMARTS) is 1. The maximum Gasteiger partial charge on any atom is 0.337 e. The average molecular weight is 408 g/mol. The molecule has 0 aromatic heterocycles. The largest absolute Gasteiger partial charge is 0.479 e. The van der Waals surface area contributed by atoms with Crippen LogP contribution in [-0.4, -0.2) is 47.9 Å². The summed E-state index contributed by atoms with van der Waals surface area (Å²) in [5.74, 6) is -0.495. The fourth-order valence-corrected chi connectivity index (χ4v) is 3.32. The molecule has 0 amide bonds. The predicted octanol–water partition coefficient (Wildman–Crippen LogP) is 4.02. The zero-order valence-corrected chi connectivity index (χ0v) is 17.7. The minimum absolute atomic E-state index is 0.0556. The van der Waals surface area contributed by atoms with Crippen molar-refractivity contribution in [1.82, 2.24) is 10.5 Å². The van der Waals surface area contributed by atoms with E-state index >= 15 is 0 Å². The lowest BCUT2D eigenvalue weighted by molar-refractivity contribution is -0.503. The van der Waals surface area contributed by atoms with Gasteiger partial charge in [0.1, 0.15) is 0 Å². The van der Waals surface area contributed by atoms with Gasteiger partial charge in [-0.2, -0.15) is 5.06 Å². The number of aliphatic carboxylic acids is 1. The van der Waals surface area contributed by atoms with Crippen LogP contribution in [0.25, 0.3) is 6.08 Å². The van der Waals surface area contributed by atoms with Crippen LogP contribution in [0.4, 0.5) is 0 Å². The molecule has 1 aliphatic heterocycles. The molecule has 1 fully saturated rings. The Morgan fingerprint density at radius 3 is 2.55 bits per heavy atom. The second-order valence-electron chi connectivity index (χ2n) is 7.13. The maximum absolute atomic E-state index is 12.3. The van der Waals surface area contributed by atoms with E-state index in [4.69, 9.17) is 19.4 Å². The highest BCUT2D eigenvalue weighted by molar-refractivity contribution is 5.78. The van der Waals surface area contributed by atoms with Crippen LogP contribution in [-0.2, 0) is 24.1 Å². The molecule has 8 nitrogen and oxygen atoms in total. The third-order valence-corrected chi connectivity index (χ3v) is 5.16. The van der Waals surface area contributed by atoms with Crippen LogP contribution in [0.3, 0.4) is 0 Å². The quantitative estimate of drug-likeness (QED) is 0.555. The molecular weight excluding hydrogens is 376 g/mol. The van der Waals surface area contributed by atoms with Crippen molar-refractivity contribution in [3.8, 4) is 0 Å². The second kappa shape index (κ2) is 11.2. The van der Waals surface area contributed by atoms with Gasteiger partial charge in [-0.25, -0.2) is 9.63 Å². The monoisotopic (exact) mass is 408 g/mol. The molecule has 8 heteroatoms. The fourth-order valence-electron chi connectivity index (χ4n) is 3.32. The molecule has 0 radical (unpaired) electrons. The smallest absolute Gasteiger partial charge is 0.337 e. The molecule has 2 rings (SSSR count). The number of hydrogen-bond donors (Lipinski definition) is 1. The van der Waals surface area contributed by atoms with Gasteiger partial charge in [0.15, 0.2) is 11.0 Å². The third-order valence-electron chi connectivity index (χ3n) is 5.16. The SMILES string of the molecule is CCCCC(CC)CC(CN1ON(OC)OC1=Cc1ccccc1)(OC)C(=O)O. The molecule has 2 unspecified atom stereocenters. The molecule has 1 aromatic carbocycles. The van der Waals surface area contributed by atoms with E-state index in [2.05, 4.69) is 13.8 Å². The van der Waals surface area contributed by atoms with E-state index in [-0.39, 0.29) is 12.5 Å². The molecule has 0 spiro atoms. The first-order valence-corrected chi connectivity index (χ1v) is 10.0. The predicted molar refractivity (Wildman–Crippen MR) is 107 cm³/mol. The lowest BCUT2D eigenvalue weighted by Gasteiger charge is -2.33. The summed E-state index contributed by atoms with van der Waals surface area (Å²) in [5.41, 5.74) is -0.570. The van der Waals surface area contributed by atoms with E-state index in [9.17, 15) is 9.90 Å². The number of nitrogens with zero attached hydrogens (tertiary/aromatic N) is 2. The van der Waals surface area contributed by atoms with Crippen molar-refractivity contribution in [2.24, 2.45) is 5.92 Å². The Bertz CT molecular complexity index is 668. The average Bonchev–Trinajstić information content (AvgIpc) is 3.12. The first-order valence-electron chi connectivity index (χ1n) is 10.0. The van der Waals surface area contributed by atoms with Gasteiger partial charge in [-0.15, -0.1) is 4.94 Å². The Labute approximate surface area is 172 Å². The molecule has 0 saturated carbocycles. The highest BCUT2D eigenvalue weighted by Crippen LogP contribution is 2.32. The summed E-state index contributed by atoms with van der Waals surface area (Å²) in [6, 6.07) is 9.52. The van der Waals surface area contributed by atoms with Crippen LogP contribution < -0.4 is 0 Å². The molecule has 0 bridgehead atoms. The van der Waals surface area contributed by atoms with Crippen molar-refractivity contribution >= 4 is 12.0 Å². The Hall–Kier alpha value is -2.13. The minimum Gasteiger partial charge on any atom is -0.479 e. The molecule has 1 heterocycles. The van der Waals surface area contributed by atoms with Crippen LogP contribution in [0, 0.1) is 5.92 Å². The third kappa shape index (κ3) is 6.17. The zero-order chi connectivity index (χ0) is 21.3. The van der Waals surface area contributed by atoms with Crippen LogP contribution in [0.2, 0.25) is 0 Å². The highest BCUT2D eigenvalue weighted by atomic mass is 17.2. The lowest BCUT2D eigenvalue weighted by Crippen LogP contribution is -2.51. The van der Waals surface area contributed by atoms with E-state index in [0.717, 1.165) is 36.6 Å². The number of methoxy groups -OCH3 is 1. The Morgan fingerprint density at radius 2 is 2.00 bits per heavy atom. The van der Waals surface area contributed by atoms with Crippen molar-refractivity contribution in [2.45, 2.75) is 51.6 Å². The Morgan fingerprint density at radius 1 is 1.28 bits per heavy atom. The van der Waals surface area contributed by atoms with E-state index < -0.39 is 11.6 Å². The maximum atomic E-state index is 12.3. The molecule has 1 N–H and O–H groups in total. The standard InChI is InChI=1S/C21H32N2O6/c1-5-7-11-17(6-2)15-21(26-3,20(24)25)16-22-19(28-23(27-4)29-22)14-18-12-9-8-10-13-18/h8-10,12-14,17H,5-7,11,15-16H2,1-4H3,(H,24,25). The minimum atomic E-state index is -1.45. The topological polar surface area (TPSA) is 80.7 Å². The number of hydroxylamine groups is 2. The van der Waals surface area contributed by atoms with Gasteiger partial charge < -0.3 is 14.7 Å². The molecule has 0 aliphatic carbocycles. The first kappa shape index (κ1) is 23.2. The van der Waals surface area contributed by atoms with Crippen molar-refractivity contribution in [2.75, 3.05) is 20.8 Å². The van der Waals surface area contributed by atoms with Gasteiger partial charge in [0, 0.05) is 13.2 Å². The second-order valence-corrected chi connectivity index (χ2v) is 7.13. The number of rotatable bonds is 12. The van der Waals surface area contributed by atoms with Gasteiger partial charge in [0.2, 0.25) is 5.88 Å². The Kier molecular flexibility index (Phi) is 8.91. The van der Waals surface area contributed by atoms with Crippen LogP contribution >= 0.6 is 0 Å². The van der Waals surface area contributed by atoms with Crippen molar-refractivity contribution in [1.29, 1.82) is 0 Å². The van der Waals surface area contributed by atoms with Gasteiger partial charge >= 0.3 is 5.97 Å². The van der Waals surface area contributed by atoms with Crippen molar-refractivity contribution < 1.29 is 29.3 Å². The van der Waals surface area contributed by atoms with Gasteiger partial charge in [-0.3, -0.25) is 0 Å². The normalized spacial score (nSPS) is 19.2. The summed E-state index contributed by atoms with van der Waals surface area (Å²) >= 11 is 0. The number of hydrogen-bond acceptors (Lipinski definition) is 7. The number of carboxylic acids is 1. The summed E-state index contributed by atoms with van der Waals surface area (Å²) in [6.45, 7) is 4.15. The summed E-state index contributed by atoms with van der Waals surface area (Å²) < 4.78 is 5.58. The molecule has 1 saturated heterocycles. The zero-order valence-electron chi connectivity index (χ0n) is 17.7. The van der Waals surface area contributed by atoms with Crippen molar-refractivity contribution in [3.05, 3.63) is 41.8 Å². The molecule has 1 aliphatic rings. The highest BCUT2D eigenvalue weighted by Gasteiger charge is 2.46. The molecule has 162 valence electrons.